The molecule has 3 aromatic carbocycles. The molecule has 0 aliphatic carbocycles. The highest BCUT2D eigenvalue weighted by atomic mass is 16.5. The average Bonchev–Trinajstić information content (AvgIpc) is 2.70. The van der Waals surface area contributed by atoms with E-state index in [1.807, 2.05) is 66.7 Å². The predicted molar refractivity (Wildman–Crippen MR) is 107 cm³/mol. The lowest BCUT2D eigenvalue weighted by Crippen LogP contribution is -2.14. The third-order valence-corrected chi connectivity index (χ3v) is 4.42. The number of nitrogens with one attached hydrogen (secondary N) is 1. The highest BCUT2D eigenvalue weighted by Crippen LogP contribution is 2.19. The van der Waals surface area contributed by atoms with Crippen LogP contribution in [0.1, 0.15) is 11.1 Å². The van der Waals surface area contributed by atoms with Crippen LogP contribution in [0.3, 0.4) is 0 Å². The lowest BCUT2D eigenvalue weighted by Gasteiger charge is -2.04. The number of H-pyrrole nitrogens is 1. The maximum Gasteiger partial charge on any atom is 0.331 e. The fraction of sp³-hybridized carbons (Fsp3) is 0.0435. The van der Waals surface area contributed by atoms with E-state index in [-0.39, 0.29) is 12.2 Å². The summed E-state index contributed by atoms with van der Waals surface area (Å²) in [5.74, 6) is -0.490. The molecule has 1 heterocycles. The molecule has 27 heavy (non-hydrogen) atoms. The number of carbonyl (C=O) groups is 1. The molecule has 0 atom stereocenters. The smallest absolute Gasteiger partial charge is 0.331 e. The molecule has 4 rings (SSSR count). The minimum Gasteiger partial charge on any atom is -0.457 e. The number of aromatic amines is 1. The Bertz CT molecular complexity index is 1220. The maximum atomic E-state index is 12.1. The third kappa shape index (κ3) is 3.65. The summed E-state index contributed by atoms with van der Waals surface area (Å²) in [7, 11) is 0. The largest absolute Gasteiger partial charge is 0.457 e. The molecule has 132 valence electrons. The first-order valence-corrected chi connectivity index (χ1v) is 8.64. The first-order chi connectivity index (χ1) is 13.2. The molecule has 1 N–H and O–H groups in total. The normalized spacial score (nSPS) is 11.3. The first-order valence-electron chi connectivity index (χ1n) is 8.64. The van der Waals surface area contributed by atoms with Gasteiger partial charge in [0.1, 0.15) is 6.61 Å². The van der Waals surface area contributed by atoms with Gasteiger partial charge in [-0.1, -0.05) is 60.7 Å². The summed E-state index contributed by atoms with van der Waals surface area (Å²) >= 11 is 0. The van der Waals surface area contributed by atoms with E-state index in [0.717, 1.165) is 27.2 Å². The first kappa shape index (κ1) is 16.8. The standard InChI is InChI=1S/C23H17NO3/c25-22(13-12-17-9-5-8-16-6-1-3-10-20(16)17)27-15-19-14-18-7-2-4-11-21(18)24-23(19)26/h1-14H,15H2,(H,24,26). The highest BCUT2D eigenvalue weighted by Gasteiger charge is 2.06. The summed E-state index contributed by atoms with van der Waals surface area (Å²) in [6, 6.07) is 23.1. The van der Waals surface area contributed by atoms with Crippen molar-refractivity contribution in [3.63, 3.8) is 0 Å². The van der Waals surface area contributed by atoms with Crippen molar-refractivity contribution in [2.75, 3.05) is 0 Å². The van der Waals surface area contributed by atoms with Crippen LogP contribution in [0.25, 0.3) is 27.8 Å². The van der Waals surface area contributed by atoms with E-state index in [2.05, 4.69) is 4.98 Å². The van der Waals surface area contributed by atoms with Gasteiger partial charge in [0.25, 0.3) is 5.56 Å². The molecule has 0 amide bonds. The third-order valence-electron chi connectivity index (χ3n) is 4.42. The topological polar surface area (TPSA) is 59.2 Å². The van der Waals surface area contributed by atoms with Crippen molar-refractivity contribution >= 4 is 33.7 Å². The molecular formula is C23H17NO3. The Morgan fingerprint density at radius 2 is 1.67 bits per heavy atom. The molecule has 0 saturated carbocycles. The van der Waals surface area contributed by atoms with Crippen molar-refractivity contribution in [3.05, 3.63) is 100 Å². The average molecular weight is 355 g/mol. The summed E-state index contributed by atoms with van der Waals surface area (Å²) in [4.78, 5) is 27.0. The Morgan fingerprint density at radius 3 is 2.56 bits per heavy atom. The number of benzene rings is 3. The maximum absolute atomic E-state index is 12.1. The van der Waals surface area contributed by atoms with Gasteiger partial charge in [-0.15, -0.1) is 0 Å². The molecule has 0 spiro atoms. The van der Waals surface area contributed by atoms with Crippen LogP contribution in [0.5, 0.6) is 0 Å². The number of pyridine rings is 1. The number of esters is 1. The van der Waals surface area contributed by atoms with Crippen LogP contribution >= 0.6 is 0 Å². The van der Waals surface area contributed by atoms with E-state index in [4.69, 9.17) is 4.74 Å². The summed E-state index contributed by atoms with van der Waals surface area (Å²) < 4.78 is 5.25. The zero-order valence-electron chi connectivity index (χ0n) is 14.5. The number of fused-ring (bicyclic) bond motifs is 2. The summed E-state index contributed by atoms with van der Waals surface area (Å²) in [5, 5.41) is 3.07. The van der Waals surface area contributed by atoms with Crippen LogP contribution in [0.15, 0.2) is 83.7 Å². The van der Waals surface area contributed by atoms with E-state index in [0.29, 0.717) is 5.56 Å². The van der Waals surface area contributed by atoms with Crippen LogP contribution in [-0.4, -0.2) is 11.0 Å². The molecule has 0 bridgehead atoms. The Morgan fingerprint density at radius 1 is 0.926 bits per heavy atom. The number of hydrogen-bond acceptors (Lipinski definition) is 3. The number of hydrogen-bond donors (Lipinski definition) is 1. The van der Waals surface area contributed by atoms with Gasteiger partial charge in [-0.25, -0.2) is 4.79 Å². The van der Waals surface area contributed by atoms with Crippen molar-refractivity contribution in [2.45, 2.75) is 6.61 Å². The van der Waals surface area contributed by atoms with Gasteiger partial charge >= 0.3 is 5.97 Å². The molecular weight excluding hydrogens is 338 g/mol. The lowest BCUT2D eigenvalue weighted by atomic mass is 10.0. The zero-order chi connectivity index (χ0) is 18.6. The summed E-state index contributed by atoms with van der Waals surface area (Å²) in [6.45, 7) is -0.0706. The number of aromatic nitrogens is 1. The summed E-state index contributed by atoms with van der Waals surface area (Å²) in [6.07, 6.45) is 3.12. The second-order valence-electron chi connectivity index (χ2n) is 6.22. The van der Waals surface area contributed by atoms with Gasteiger partial charge in [0.2, 0.25) is 0 Å². The zero-order valence-corrected chi connectivity index (χ0v) is 14.5. The quantitative estimate of drug-likeness (QED) is 0.435. The van der Waals surface area contributed by atoms with E-state index < -0.39 is 5.97 Å². The second-order valence-corrected chi connectivity index (χ2v) is 6.22. The minimum atomic E-state index is -0.490. The molecule has 0 aliphatic heterocycles. The fourth-order valence-corrected chi connectivity index (χ4v) is 3.05. The molecule has 4 nitrogen and oxygen atoms in total. The molecule has 0 saturated heterocycles. The Balaban J connectivity index is 1.49. The van der Waals surface area contributed by atoms with E-state index in [1.54, 1.807) is 12.1 Å². The molecule has 4 aromatic rings. The van der Waals surface area contributed by atoms with Crippen LogP contribution < -0.4 is 5.56 Å². The molecule has 4 heteroatoms. The molecule has 0 radical (unpaired) electrons. The molecule has 1 aromatic heterocycles. The monoisotopic (exact) mass is 355 g/mol. The van der Waals surface area contributed by atoms with Gasteiger partial charge < -0.3 is 9.72 Å². The number of rotatable bonds is 4. The molecule has 0 unspecified atom stereocenters. The number of para-hydroxylation sites is 1. The predicted octanol–water partition coefficient (Wildman–Crippen LogP) is 4.44. The Kier molecular flexibility index (Phi) is 4.54. The van der Waals surface area contributed by atoms with E-state index in [9.17, 15) is 9.59 Å². The van der Waals surface area contributed by atoms with Crippen molar-refractivity contribution in [1.82, 2.24) is 4.98 Å². The van der Waals surface area contributed by atoms with Gasteiger partial charge in [0.05, 0.1) is 5.56 Å². The summed E-state index contributed by atoms with van der Waals surface area (Å²) in [5.41, 5.74) is 1.86. The lowest BCUT2D eigenvalue weighted by molar-refractivity contribution is -0.138. The minimum absolute atomic E-state index is 0.0706. The van der Waals surface area contributed by atoms with Gasteiger partial charge in [-0.3, -0.25) is 4.79 Å². The van der Waals surface area contributed by atoms with Crippen molar-refractivity contribution in [1.29, 1.82) is 0 Å². The van der Waals surface area contributed by atoms with E-state index >= 15 is 0 Å². The Labute approximate surface area is 155 Å². The number of ether oxygens (including phenoxy) is 1. The van der Waals surface area contributed by atoms with Crippen molar-refractivity contribution in [2.24, 2.45) is 0 Å². The van der Waals surface area contributed by atoms with Gasteiger partial charge in [0, 0.05) is 11.6 Å². The molecule has 0 fully saturated rings. The van der Waals surface area contributed by atoms with Gasteiger partial charge in [-0.2, -0.15) is 0 Å². The van der Waals surface area contributed by atoms with Crippen LogP contribution in [0.4, 0.5) is 0 Å². The van der Waals surface area contributed by atoms with E-state index in [1.165, 1.54) is 6.08 Å². The molecule has 0 aliphatic rings. The highest BCUT2D eigenvalue weighted by molar-refractivity contribution is 5.94. The van der Waals surface area contributed by atoms with Gasteiger partial charge in [0.15, 0.2) is 0 Å². The SMILES string of the molecule is O=C(C=Cc1cccc2ccccc12)OCc1cc2ccccc2[nH]c1=O. The second kappa shape index (κ2) is 7.30. The van der Waals surface area contributed by atoms with Crippen LogP contribution in [0.2, 0.25) is 0 Å². The van der Waals surface area contributed by atoms with Gasteiger partial charge in [-0.05, 0) is 39.9 Å². The number of carbonyl (C=O) groups excluding carboxylic acids is 1. The van der Waals surface area contributed by atoms with Crippen LogP contribution in [0, 0.1) is 0 Å². The Hall–Kier alpha value is -3.66. The van der Waals surface area contributed by atoms with Crippen molar-refractivity contribution in [3.8, 4) is 0 Å². The fourth-order valence-electron chi connectivity index (χ4n) is 3.05. The van der Waals surface area contributed by atoms with Crippen molar-refractivity contribution < 1.29 is 9.53 Å². The van der Waals surface area contributed by atoms with Crippen LogP contribution in [-0.2, 0) is 16.1 Å².